The van der Waals surface area contributed by atoms with E-state index in [2.05, 4.69) is 112 Å². The molecule has 0 radical (unpaired) electrons. The van der Waals surface area contributed by atoms with E-state index in [4.69, 9.17) is 24.7 Å². The Bertz CT molecular complexity index is 2700. The number of aromatic amines is 2. The molecule has 15 nitrogen and oxygen atoms in total. The van der Waals surface area contributed by atoms with Gasteiger partial charge in [0.1, 0.15) is 11.6 Å². The SMILES string of the molecule is O=C(C1[C@H]2CN(c3nc(Cc4ccccc4)cc(Nc4cc(C5CC5)[nH]n4)n3)C[C@@H]12)N1CCC(c2cccc(Cc3cc(Nc4cc(C5CC5)[nH]n4)nc(N4C[C@@H]5C[C@H]4CO5)n3)c2)C1. The number of nitrogens with zero attached hydrogens (tertiary/aromatic N) is 9. The van der Waals surface area contributed by atoms with Crippen molar-refractivity contribution in [2.24, 2.45) is 17.8 Å². The smallest absolute Gasteiger partial charge is 0.227 e. The van der Waals surface area contributed by atoms with Crippen LogP contribution < -0.4 is 20.4 Å². The number of nitrogens with one attached hydrogen (secondary N) is 4. The van der Waals surface area contributed by atoms with Crippen molar-refractivity contribution in [2.75, 3.05) is 59.8 Å². The summed E-state index contributed by atoms with van der Waals surface area (Å²) in [6, 6.07) is 28.0. The number of rotatable bonds is 14. The summed E-state index contributed by atoms with van der Waals surface area (Å²) in [6.07, 6.45) is 8.50. The molecule has 0 spiro atoms. The van der Waals surface area contributed by atoms with Crippen LogP contribution in [0.2, 0.25) is 0 Å². The summed E-state index contributed by atoms with van der Waals surface area (Å²) in [4.78, 5) is 41.0. The minimum absolute atomic E-state index is 0.0743. The molecule has 1 amide bonds. The van der Waals surface area contributed by atoms with Gasteiger partial charge in [-0.05, 0) is 67.1 Å². The Morgan fingerprint density at radius 2 is 1.31 bits per heavy atom. The highest BCUT2D eigenvalue weighted by molar-refractivity contribution is 5.83. The van der Waals surface area contributed by atoms with Gasteiger partial charge in [-0.1, -0.05) is 54.6 Å². The zero-order chi connectivity index (χ0) is 42.3. The number of amides is 1. The molecule has 3 saturated carbocycles. The first-order valence-electron chi connectivity index (χ1n) is 23.4. The van der Waals surface area contributed by atoms with Crippen LogP contribution in [0, 0.1) is 17.8 Å². The average molecular weight is 856 g/mol. The maximum atomic E-state index is 14.1. The highest BCUT2D eigenvalue weighted by Gasteiger charge is 2.61. The van der Waals surface area contributed by atoms with Crippen molar-refractivity contribution < 1.29 is 9.53 Å². The molecule has 2 unspecified atom stereocenters. The lowest BCUT2D eigenvalue weighted by molar-refractivity contribution is -0.132. The molecule has 2 bridgehead atoms. The van der Waals surface area contributed by atoms with E-state index in [9.17, 15) is 4.79 Å². The third-order valence-corrected chi connectivity index (χ3v) is 14.7. The Labute approximate surface area is 371 Å². The zero-order valence-corrected chi connectivity index (χ0v) is 35.9. The molecular weight excluding hydrogens is 803 g/mol. The molecule has 6 aromatic rings. The Morgan fingerprint density at radius 1 is 0.656 bits per heavy atom. The summed E-state index contributed by atoms with van der Waals surface area (Å²) in [7, 11) is 0. The number of H-pyrrole nitrogens is 2. The van der Waals surface area contributed by atoms with Crippen LogP contribution in [0.25, 0.3) is 0 Å². The number of hydrogen-bond donors (Lipinski definition) is 4. The van der Waals surface area contributed by atoms with Crippen molar-refractivity contribution in [1.82, 2.24) is 45.2 Å². The van der Waals surface area contributed by atoms with Gasteiger partial charge >= 0.3 is 0 Å². The van der Waals surface area contributed by atoms with E-state index >= 15 is 0 Å². The van der Waals surface area contributed by atoms with Gasteiger partial charge in [0.05, 0.1) is 30.1 Å². The first-order valence-corrected chi connectivity index (χ1v) is 23.4. The quantitative estimate of drug-likeness (QED) is 0.0905. The molecular formula is C49H53N13O2. The van der Waals surface area contributed by atoms with Gasteiger partial charge in [0.2, 0.25) is 17.8 Å². The Balaban J connectivity index is 0.667. The molecule has 4 saturated heterocycles. The van der Waals surface area contributed by atoms with Crippen molar-refractivity contribution in [3.8, 4) is 0 Å². The minimum atomic E-state index is 0.0743. The highest BCUT2D eigenvalue weighted by atomic mass is 16.5. The van der Waals surface area contributed by atoms with Gasteiger partial charge in [-0.3, -0.25) is 15.0 Å². The molecule has 13 rings (SSSR count). The number of likely N-dealkylation sites (tertiary alicyclic amines) is 1. The molecule has 326 valence electrons. The lowest BCUT2D eigenvalue weighted by Gasteiger charge is -2.27. The number of aromatic nitrogens is 8. The molecule has 2 aromatic carbocycles. The van der Waals surface area contributed by atoms with Crippen molar-refractivity contribution >= 4 is 41.1 Å². The Kier molecular flexibility index (Phi) is 9.19. The van der Waals surface area contributed by atoms with Gasteiger partial charge in [0.15, 0.2) is 11.6 Å². The molecule has 15 heteroatoms. The van der Waals surface area contributed by atoms with Gasteiger partial charge in [-0.2, -0.15) is 20.2 Å². The maximum absolute atomic E-state index is 14.1. The number of anilines is 6. The minimum Gasteiger partial charge on any atom is -0.374 e. The van der Waals surface area contributed by atoms with E-state index in [0.717, 1.165) is 98.7 Å². The molecule has 8 heterocycles. The lowest BCUT2D eigenvalue weighted by Crippen LogP contribution is -2.38. The van der Waals surface area contributed by atoms with E-state index in [1.807, 2.05) is 12.1 Å². The molecule has 6 atom stereocenters. The molecule has 4 aromatic heterocycles. The van der Waals surface area contributed by atoms with Crippen LogP contribution in [-0.2, 0) is 22.4 Å². The summed E-state index contributed by atoms with van der Waals surface area (Å²) in [5.41, 5.74) is 7.98. The molecule has 7 fully saturated rings. The van der Waals surface area contributed by atoms with Gasteiger partial charge < -0.3 is 30.1 Å². The summed E-state index contributed by atoms with van der Waals surface area (Å²) in [5.74, 6) is 7.06. The average Bonchev–Trinajstić information content (AvgIpc) is 4.12. The predicted molar refractivity (Wildman–Crippen MR) is 242 cm³/mol. The normalized spacial score (nSPS) is 25.6. The van der Waals surface area contributed by atoms with Crippen LogP contribution in [0.4, 0.5) is 35.2 Å². The number of fused-ring (bicyclic) bond motifs is 3. The molecule has 7 aliphatic rings. The summed E-state index contributed by atoms with van der Waals surface area (Å²) >= 11 is 0. The largest absolute Gasteiger partial charge is 0.374 e. The van der Waals surface area contributed by atoms with Crippen LogP contribution in [0.15, 0.2) is 78.9 Å². The standard InChI is InChI=1S/C49H53N13O2/c63-47(46-38-25-61(26-39(38)46)48-50-34(16-28-5-2-1-3-6-28)18-42(54-48)52-44-21-40(56-58-44)30-9-10-30)60-14-13-33(23-60)32-8-4-7-29(15-32)17-35-19-43(53-45-22-41(57-59-45)31-11-12-31)55-49(51-35)62-24-37-20-36(62)27-64-37/h1-8,15,18-19,21-22,30-31,33,36-39,46H,9-14,16-17,20,23-27H2,(H2,50,52,54,56,58)(H2,51,53,55,57,59)/t33?,36-,37-,38-,39+,46?/m0/s1. The van der Waals surface area contributed by atoms with E-state index in [-0.39, 0.29) is 12.0 Å². The first-order chi connectivity index (χ1) is 31.5. The van der Waals surface area contributed by atoms with Crippen molar-refractivity contribution in [3.63, 3.8) is 0 Å². The number of benzene rings is 2. The van der Waals surface area contributed by atoms with Gasteiger partial charge in [-0.25, -0.2) is 9.97 Å². The third kappa shape index (κ3) is 7.62. The van der Waals surface area contributed by atoms with Gasteiger partial charge in [0.25, 0.3) is 0 Å². The number of ether oxygens (including phenoxy) is 1. The number of morpholine rings is 1. The van der Waals surface area contributed by atoms with E-state index in [1.165, 1.54) is 53.8 Å². The fourth-order valence-electron chi connectivity index (χ4n) is 10.9. The number of hydrogen-bond acceptors (Lipinski definition) is 12. The van der Waals surface area contributed by atoms with E-state index in [1.54, 1.807) is 0 Å². The second kappa shape index (κ2) is 15.4. The Hall–Kier alpha value is -6.35. The summed E-state index contributed by atoms with van der Waals surface area (Å²) < 4.78 is 5.91. The highest BCUT2D eigenvalue weighted by Crippen LogP contribution is 2.54. The number of piperidine rings is 1. The van der Waals surface area contributed by atoms with Crippen LogP contribution in [0.3, 0.4) is 0 Å². The van der Waals surface area contributed by atoms with E-state index in [0.29, 0.717) is 54.4 Å². The Morgan fingerprint density at radius 3 is 1.97 bits per heavy atom. The summed E-state index contributed by atoms with van der Waals surface area (Å²) in [6.45, 7) is 4.68. The van der Waals surface area contributed by atoms with Crippen LogP contribution in [0.5, 0.6) is 0 Å². The third-order valence-electron chi connectivity index (χ3n) is 14.7. The van der Waals surface area contributed by atoms with Crippen LogP contribution in [0.1, 0.15) is 95.7 Å². The number of carbonyl (C=O) groups excluding carboxylic acids is 1. The molecule has 64 heavy (non-hydrogen) atoms. The first kappa shape index (κ1) is 38.1. The fraction of sp³-hybridized carbons (Fsp3) is 0.449. The van der Waals surface area contributed by atoms with Crippen LogP contribution >= 0.6 is 0 Å². The molecule has 4 N–H and O–H groups in total. The molecule has 4 aliphatic heterocycles. The molecule has 3 aliphatic carbocycles. The van der Waals surface area contributed by atoms with Gasteiger partial charge in [0, 0.05) is 105 Å². The monoisotopic (exact) mass is 855 g/mol. The van der Waals surface area contributed by atoms with Crippen molar-refractivity contribution in [1.29, 1.82) is 0 Å². The second-order valence-corrected chi connectivity index (χ2v) is 19.4. The lowest BCUT2D eigenvalue weighted by atomic mass is 9.95. The van der Waals surface area contributed by atoms with Crippen molar-refractivity contribution in [3.05, 3.63) is 118 Å². The van der Waals surface area contributed by atoms with Gasteiger partial charge in [-0.15, -0.1) is 0 Å². The zero-order valence-electron chi connectivity index (χ0n) is 35.9. The second-order valence-electron chi connectivity index (χ2n) is 19.4. The van der Waals surface area contributed by atoms with E-state index < -0.39 is 0 Å². The number of carbonyl (C=O) groups is 1. The van der Waals surface area contributed by atoms with Crippen LogP contribution in [-0.4, -0.2) is 103 Å². The fourth-order valence-corrected chi connectivity index (χ4v) is 10.9. The maximum Gasteiger partial charge on any atom is 0.227 e. The predicted octanol–water partition coefficient (Wildman–Crippen LogP) is 6.81. The summed E-state index contributed by atoms with van der Waals surface area (Å²) in [5, 5.41) is 22.4. The topological polar surface area (TPSA) is 169 Å². The van der Waals surface area contributed by atoms with Crippen molar-refractivity contribution in [2.45, 2.75) is 81.3 Å².